The van der Waals surface area contributed by atoms with E-state index in [0.29, 0.717) is 17.9 Å². The van der Waals surface area contributed by atoms with Gasteiger partial charge in [0.15, 0.2) is 0 Å². The zero-order valence-corrected chi connectivity index (χ0v) is 16.2. The lowest BCUT2D eigenvalue weighted by molar-refractivity contribution is -0.0277. The molecule has 0 aliphatic carbocycles. The Bertz CT molecular complexity index is 936. The maximum absolute atomic E-state index is 13.1. The fraction of sp³-hybridized carbons (Fsp3) is 0.261. The molecule has 144 valence electrons. The van der Waals surface area contributed by atoms with Crippen LogP contribution in [0.15, 0.2) is 66.9 Å². The highest BCUT2D eigenvalue weighted by Gasteiger charge is 2.33. The highest BCUT2D eigenvalue weighted by Crippen LogP contribution is 2.34. The van der Waals surface area contributed by atoms with Gasteiger partial charge in [0.1, 0.15) is 5.82 Å². The minimum Gasteiger partial charge on any atom is -0.385 e. The van der Waals surface area contributed by atoms with Crippen molar-refractivity contribution in [2.75, 3.05) is 13.1 Å². The third kappa shape index (κ3) is 4.25. The van der Waals surface area contributed by atoms with Gasteiger partial charge in [-0.3, -0.25) is 9.88 Å². The summed E-state index contributed by atoms with van der Waals surface area (Å²) in [6.07, 6.45) is 3.16. The first-order valence-corrected chi connectivity index (χ1v) is 9.81. The van der Waals surface area contributed by atoms with E-state index in [1.807, 2.05) is 36.4 Å². The molecule has 1 saturated heterocycles. The lowest BCUT2D eigenvalue weighted by atomic mass is 9.84. The van der Waals surface area contributed by atoms with E-state index in [1.165, 1.54) is 12.1 Å². The lowest BCUT2D eigenvalue weighted by Gasteiger charge is -2.38. The summed E-state index contributed by atoms with van der Waals surface area (Å²) in [4.78, 5) is 6.75. The summed E-state index contributed by atoms with van der Waals surface area (Å²) in [5.74, 6) is -0.249. The first-order chi connectivity index (χ1) is 13.5. The maximum atomic E-state index is 13.1. The highest BCUT2D eigenvalue weighted by atomic mass is 35.5. The van der Waals surface area contributed by atoms with Crippen molar-refractivity contribution in [1.82, 2.24) is 9.88 Å². The van der Waals surface area contributed by atoms with Gasteiger partial charge in [-0.15, -0.1) is 0 Å². The van der Waals surface area contributed by atoms with Gasteiger partial charge in [-0.1, -0.05) is 23.7 Å². The van der Waals surface area contributed by atoms with Crippen LogP contribution in [0.4, 0.5) is 4.39 Å². The second-order valence-corrected chi connectivity index (χ2v) is 7.81. The molecule has 1 aliphatic heterocycles. The number of nitrogens with zero attached hydrogens (tertiary/aromatic N) is 2. The van der Waals surface area contributed by atoms with E-state index in [2.05, 4.69) is 9.88 Å². The standard InChI is InChI=1S/C23H22ClFN2O/c24-20-5-3-19(4-6-20)23(28)10-13-27(14-11-23)16-17-9-12-26-22(15-17)18-1-7-21(25)8-2-18/h1-9,12,15,28H,10-11,13-14,16H2. The molecule has 4 rings (SSSR count). The summed E-state index contributed by atoms with van der Waals surface area (Å²) in [6, 6.07) is 17.9. The van der Waals surface area contributed by atoms with Crippen molar-refractivity contribution >= 4 is 11.6 Å². The largest absolute Gasteiger partial charge is 0.385 e. The number of pyridine rings is 1. The summed E-state index contributed by atoms with van der Waals surface area (Å²) in [7, 11) is 0. The van der Waals surface area contributed by atoms with E-state index < -0.39 is 5.60 Å². The third-order valence-corrected chi connectivity index (χ3v) is 5.69. The fourth-order valence-corrected chi connectivity index (χ4v) is 3.87. The number of benzene rings is 2. The SMILES string of the molecule is OC1(c2ccc(Cl)cc2)CCN(Cc2ccnc(-c3ccc(F)cc3)c2)CC1. The molecule has 1 fully saturated rings. The number of aromatic nitrogens is 1. The van der Waals surface area contributed by atoms with Crippen molar-refractivity contribution in [2.45, 2.75) is 25.0 Å². The van der Waals surface area contributed by atoms with Crippen LogP contribution in [0.2, 0.25) is 5.02 Å². The van der Waals surface area contributed by atoms with Gasteiger partial charge in [0.05, 0.1) is 11.3 Å². The summed E-state index contributed by atoms with van der Waals surface area (Å²) >= 11 is 5.96. The van der Waals surface area contributed by atoms with Crippen molar-refractivity contribution in [3.05, 3.63) is 88.8 Å². The van der Waals surface area contributed by atoms with Crippen LogP contribution in [0.1, 0.15) is 24.0 Å². The smallest absolute Gasteiger partial charge is 0.123 e. The molecular formula is C23H22ClFN2O. The van der Waals surface area contributed by atoms with Crippen LogP contribution in [0.25, 0.3) is 11.3 Å². The van der Waals surface area contributed by atoms with Crippen LogP contribution in [0, 0.1) is 5.82 Å². The molecule has 0 spiro atoms. The quantitative estimate of drug-likeness (QED) is 0.672. The summed E-state index contributed by atoms with van der Waals surface area (Å²) in [5, 5.41) is 11.7. The number of likely N-dealkylation sites (tertiary alicyclic amines) is 1. The van der Waals surface area contributed by atoms with E-state index in [-0.39, 0.29) is 5.82 Å². The topological polar surface area (TPSA) is 36.4 Å². The molecule has 1 N–H and O–H groups in total. The zero-order chi connectivity index (χ0) is 19.6. The number of rotatable bonds is 4. The van der Waals surface area contributed by atoms with Crippen molar-refractivity contribution in [1.29, 1.82) is 0 Å². The van der Waals surface area contributed by atoms with Crippen molar-refractivity contribution in [3.63, 3.8) is 0 Å². The van der Waals surface area contributed by atoms with Gasteiger partial charge in [0.25, 0.3) is 0 Å². The van der Waals surface area contributed by atoms with Crippen LogP contribution >= 0.6 is 11.6 Å². The van der Waals surface area contributed by atoms with Gasteiger partial charge in [-0.25, -0.2) is 4.39 Å². The van der Waals surface area contributed by atoms with Crippen molar-refractivity contribution in [2.24, 2.45) is 0 Å². The van der Waals surface area contributed by atoms with Crippen LogP contribution in [0.5, 0.6) is 0 Å². The van der Waals surface area contributed by atoms with E-state index in [0.717, 1.165) is 42.0 Å². The lowest BCUT2D eigenvalue weighted by Crippen LogP contribution is -2.42. The van der Waals surface area contributed by atoms with Gasteiger partial charge >= 0.3 is 0 Å². The molecule has 1 aliphatic rings. The van der Waals surface area contributed by atoms with E-state index in [1.54, 1.807) is 18.3 Å². The second kappa shape index (κ2) is 8.00. The number of hydrogen-bond donors (Lipinski definition) is 1. The van der Waals surface area contributed by atoms with Gasteiger partial charge in [0.2, 0.25) is 0 Å². The molecule has 3 nitrogen and oxygen atoms in total. The van der Waals surface area contributed by atoms with Crippen LogP contribution in [0.3, 0.4) is 0 Å². The molecule has 28 heavy (non-hydrogen) atoms. The molecule has 0 unspecified atom stereocenters. The Kier molecular flexibility index (Phi) is 5.44. The predicted molar refractivity (Wildman–Crippen MR) is 109 cm³/mol. The Hall–Kier alpha value is -2.27. The molecule has 1 aromatic heterocycles. The van der Waals surface area contributed by atoms with Crippen molar-refractivity contribution < 1.29 is 9.50 Å². The number of aliphatic hydroxyl groups is 1. The van der Waals surface area contributed by atoms with Gasteiger partial charge in [-0.05, 0) is 72.5 Å². The maximum Gasteiger partial charge on any atom is 0.123 e. The molecular weight excluding hydrogens is 375 g/mol. The minimum absolute atomic E-state index is 0.249. The first kappa shape index (κ1) is 19.1. The Balaban J connectivity index is 1.42. The third-order valence-electron chi connectivity index (χ3n) is 5.44. The van der Waals surface area contributed by atoms with E-state index in [9.17, 15) is 9.50 Å². The average molecular weight is 397 g/mol. The Morgan fingerprint density at radius 2 is 1.68 bits per heavy atom. The molecule has 0 amide bonds. The zero-order valence-electron chi connectivity index (χ0n) is 15.5. The molecule has 2 heterocycles. The average Bonchev–Trinajstić information content (AvgIpc) is 2.71. The molecule has 0 atom stereocenters. The van der Waals surface area contributed by atoms with Crippen LogP contribution < -0.4 is 0 Å². The molecule has 0 saturated carbocycles. The molecule has 5 heteroatoms. The first-order valence-electron chi connectivity index (χ1n) is 9.43. The highest BCUT2D eigenvalue weighted by molar-refractivity contribution is 6.30. The van der Waals surface area contributed by atoms with Gasteiger partial charge in [0, 0.05) is 36.4 Å². The summed E-state index contributed by atoms with van der Waals surface area (Å²) < 4.78 is 13.1. The van der Waals surface area contributed by atoms with E-state index >= 15 is 0 Å². The monoisotopic (exact) mass is 396 g/mol. The fourth-order valence-electron chi connectivity index (χ4n) is 3.74. The Morgan fingerprint density at radius 3 is 2.36 bits per heavy atom. The summed E-state index contributed by atoms with van der Waals surface area (Å²) in [5.41, 5.74) is 3.04. The normalized spacial score (nSPS) is 16.8. The number of halogens is 2. The molecule has 3 aromatic rings. The number of hydrogen-bond acceptors (Lipinski definition) is 3. The Labute approximate surface area is 169 Å². The van der Waals surface area contributed by atoms with Crippen LogP contribution in [-0.2, 0) is 12.1 Å². The Morgan fingerprint density at radius 1 is 1.00 bits per heavy atom. The van der Waals surface area contributed by atoms with E-state index in [4.69, 9.17) is 11.6 Å². The van der Waals surface area contributed by atoms with Gasteiger partial charge < -0.3 is 5.11 Å². The predicted octanol–water partition coefficient (Wildman–Crippen LogP) is 5.02. The summed E-state index contributed by atoms with van der Waals surface area (Å²) in [6.45, 7) is 2.42. The van der Waals surface area contributed by atoms with Gasteiger partial charge in [-0.2, -0.15) is 0 Å². The molecule has 0 bridgehead atoms. The minimum atomic E-state index is -0.793. The number of piperidine rings is 1. The van der Waals surface area contributed by atoms with Crippen LogP contribution in [-0.4, -0.2) is 28.1 Å². The second-order valence-electron chi connectivity index (χ2n) is 7.37. The molecule has 0 radical (unpaired) electrons. The molecule has 2 aromatic carbocycles. The van der Waals surface area contributed by atoms with Crippen molar-refractivity contribution in [3.8, 4) is 11.3 Å².